The number of hydrogen-bond donors (Lipinski definition) is 2. The van der Waals surface area contributed by atoms with Crippen molar-refractivity contribution in [1.82, 2.24) is 5.32 Å². The number of carboxylic acid groups (broad SMARTS) is 1. The summed E-state index contributed by atoms with van der Waals surface area (Å²) in [5.74, 6) is -2.75. The fraction of sp³-hybridized carbons (Fsp3) is 0.548. The molecular weight excluding hydrogens is 513 g/mol. The normalized spacial score (nSPS) is 14.1. The average Bonchev–Trinajstić information content (AvgIpc) is 2.88. The number of carbonyl (C=O) groups is 2. The first-order valence-electron chi connectivity index (χ1n) is 13.7. The van der Waals surface area contributed by atoms with Crippen LogP contribution in [-0.4, -0.2) is 41.8 Å². The quantitative estimate of drug-likeness (QED) is 0.105. The number of rotatable bonds is 19. The second-order valence-corrected chi connectivity index (χ2v) is 10.7. The average molecular weight is 560 g/mol. The SMILES string of the molecule is CCOC(OCC)(P=O)C(C/C=C(\C)CC/C=C(\C)CCC=C(C)C)C(=O)N[C@@H](Cc1ccccc1)C(=O)O. The molecule has 0 aromatic heterocycles. The van der Waals surface area contributed by atoms with E-state index in [2.05, 4.69) is 38.2 Å². The third kappa shape index (κ3) is 12.9. The molecule has 0 spiro atoms. The number of aliphatic carboxylic acids is 1. The molecule has 0 saturated carbocycles. The van der Waals surface area contributed by atoms with Gasteiger partial charge in [-0.25, -0.2) is 4.79 Å². The minimum atomic E-state index is -1.72. The lowest BCUT2D eigenvalue weighted by molar-refractivity contribution is -0.202. The van der Waals surface area contributed by atoms with E-state index in [1.54, 1.807) is 13.8 Å². The van der Waals surface area contributed by atoms with E-state index in [1.165, 1.54) is 11.1 Å². The molecule has 0 fully saturated rings. The van der Waals surface area contributed by atoms with Crippen molar-refractivity contribution in [3.8, 4) is 0 Å². The molecule has 0 heterocycles. The Morgan fingerprint density at radius 3 is 2.03 bits per heavy atom. The zero-order chi connectivity index (χ0) is 29.3. The van der Waals surface area contributed by atoms with Gasteiger partial charge in [-0.2, -0.15) is 0 Å². The van der Waals surface area contributed by atoms with Crippen LogP contribution in [0.2, 0.25) is 0 Å². The van der Waals surface area contributed by atoms with Gasteiger partial charge in [0.05, 0.1) is 0 Å². The molecule has 0 aliphatic heterocycles. The van der Waals surface area contributed by atoms with Gasteiger partial charge in [-0.05, 0) is 79.2 Å². The maximum absolute atomic E-state index is 13.5. The molecule has 1 aromatic rings. The molecule has 0 radical (unpaired) electrons. The maximum atomic E-state index is 13.5. The smallest absolute Gasteiger partial charge is 0.326 e. The monoisotopic (exact) mass is 559 g/mol. The summed E-state index contributed by atoms with van der Waals surface area (Å²) in [5.41, 5.74) is 2.80. The summed E-state index contributed by atoms with van der Waals surface area (Å²) in [6.45, 7) is 12.1. The molecule has 0 bridgehead atoms. The van der Waals surface area contributed by atoms with Gasteiger partial charge < -0.3 is 19.9 Å². The highest BCUT2D eigenvalue weighted by atomic mass is 31.1. The predicted molar refractivity (Wildman–Crippen MR) is 157 cm³/mol. The lowest BCUT2D eigenvalue weighted by atomic mass is 9.98. The Hall–Kier alpha value is -2.60. The Labute approximate surface area is 236 Å². The van der Waals surface area contributed by atoms with E-state index in [1.807, 2.05) is 43.3 Å². The number of carbonyl (C=O) groups excluding carboxylic acids is 1. The number of allylic oxidation sites excluding steroid dienone is 6. The van der Waals surface area contributed by atoms with Crippen molar-refractivity contribution in [1.29, 1.82) is 0 Å². The first kappa shape index (κ1) is 34.4. The molecule has 216 valence electrons. The minimum Gasteiger partial charge on any atom is -0.480 e. The van der Waals surface area contributed by atoms with Gasteiger partial charge >= 0.3 is 5.97 Å². The number of ether oxygens (including phenoxy) is 2. The fourth-order valence-electron chi connectivity index (χ4n) is 4.17. The summed E-state index contributed by atoms with van der Waals surface area (Å²) in [4.78, 5) is 25.6. The third-order valence-electron chi connectivity index (χ3n) is 6.31. The van der Waals surface area contributed by atoms with Crippen molar-refractivity contribution >= 4 is 20.3 Å². The number of nitrogens with one attached hydrogen (secondary N) is 1. The molecule has 7 nitrogen and oxygen atoms in total. The van der Waals surface area contributed by atoms with Crippen LogP contribution < -0.4 is 5.32 Å². The van der Waals surface area contributed by atoms with Crippen LogP contribution in [-0.2, 0) is 30.0 Å². The Morgan fingerprint density at radius 2 is 1.51 bits per heavy atom. The molecule has 1 rings (SSSR count). The topological polar surface area (TPSA) is 102 Å². The van der Waals surface area contributed by atoms with Gasteiger partial charge in [0.15, 0.2) is 0 Å². The van der Waals surface area contributed by atoms with Crippen LogP contribution in [0.25, 0.3) is 0 Å². The van der Waals surface area contributed by atoms with Crippen molar-refractivity contribution in [2.45, 2.75) is 91.6 Å². The van der Waals surface area contributed by atoms with Crippen molar-refractivity contribution in [2.24, 2.45) is 5.92 Å². The molecule has 2 N–H and O–H groups in total. The lowest BCUT2D eigenvalue weighted by Crippen LogP contribution is -2.51. The Kier molecular flexibility index (Phi) is 16.5. The maximum Gasteiger partial charge on any atom is 0.326 e. The van der Waals surface area contributed by atoms with Gasteiger partial charge in [0, 0.05) is 19.6 Å². The zero-order valence-electron chi connectivity index (χ0n) is 24.4. The minimum absolute atomic E-state index is 0.119. The number of hydrogen-bond acceptors (Lipinski definition) is 5. The molecule has 1 aromatic carbocycles. The van der Waals surface area contributed by atoms with Crippen molar-refractivity contribution in [2.75, 3.05) is 13.2 Å². The Morgan fingerprint density at radius 1 is 0.949 bits per heavy atom. The number of benzene rings is 1. The highest BCUT2D eigenvalue weighted by Crippen LogP contribution is 2.38. The van der Waals surface area contributed by atoms with Gasteiger partial charge in [-0.1, -0.05) is 65.3 Å². The Balaban J connectivity index is 3.09. The largest absolute Gasteiger partial charge is 0.480 e. The number of carboxylic acids is 1. The Bertz CT molecular complexity index is 992. The highest BCUT2D eigenvalue weighted by Gasteiger charge is 2.47. The standard InChI is InChI=1S/C31H46NO6P/c1-7-37-31(39-36,38-8-2)27(21-20-25(6)17-13-16-24(5)15-12-14-23(3)4)29(33)32-28(30(34)35)22-26-18-10-9-11-19-26/h9-11,14,16,18-20,27-28H,7-8,12-13,15,17,21-22H2,1-6H3,(H,32,33)(H,34,35)/b24-16+,25-20+/t27?,28-/m0/s1. The van der Waals surface area contributed by atoms with E-state index < -0.39 is 37.8 Å². The van der Waals surface area contributed by atoms with E-state index >= 15 is 0 Å². The third-order valence-corrected chi connectivity index (χ3v) is 7.13. The van der Waals surface area contributed by atoms with Crippen molar-refractivity contribution in [3.05, 3.63) is 70.8 Å². The van der Waals surface area contributed by atoms with E-state index in [-0.39, 0.29) is 26.1 Å². The van der Waals surface area contributed by atoms with Crippen LogP contribution in [0.15, 0.2) is 65.3 Å². The summed E-state index contributed by atoms with van der Waals surface area (Å²) in [6.07, 6.45) is 10.5. The highest BCUT2D eigenvalue weighted by molar-refractivity contribution is 7.25. The van der Waals surface area contributed by atoms with E-state index in [0.717, 1.165) is 36.8 Å². The first-order chi connectivity index (χ1) is 18.6. The van der Waals surface area contributed by atoms with Gasteiger partial charge in [-0.3, -0.25) is 9.36 Å². The van der Waals surface area contributed by atoms with Crippen molar-refractivity contribution < 1.29 is 28.7 Å². The molecule has 1 amide bonds. The molecule has 1 unspecified atom stereocenters. The molecule has 0 saturated heterocycles. The molecular formula is C31H46NO6P. The fourth-order valence-corrected chi connectivity index (χ4v) is 4.89. The summed E-state index contributed by atoms with van der Waals surface area (Å²) in [6, 6.07) is 7.94. The van der Waals surface area contributed by atoms with E-state index in [0.29, 0.717) is 0 Å². The molecule has 0 aliphatic rings. The van der Waals surface area contributed by atoms with Gasteiger partial charge in [0.25, 0.3) is 5.53 Å². The lowest BCUT2D eigenvalue weighted by Gasteiger charge is -2.33. The van der Waals surface area contributed by atoms with Crippen LogP contribution in [0.3, 0.4) is 0 Å². The van der Waals surface area contributed by atoms with E-state index in [9.17, 15) is 19.3 Å². The van der Waals surface area contributed by atoms with Crippen LogP contribution in [0.5, 0.6) is 0 Å². The summed E-state index contributed by atoms with van der Waals surface area (Å²) < 4.78 is 23.9. The zero-order valence-corrected chi connectivity index (χ0v) is 25.3. The van der Waals surface area contributed by atoms with Crippen molar-refractivity contribution in [3.63, 3.8) is 0 Å². The molecule has 39 heavy (non-hydrogen) atoms. The first-order valence-corrected chi connectivity index (χ1v) is 14.5. The predicted octanol–water partition coefficient (Wildman–Crippen LogP) is 7.24. The van der Waals surface area contributed by atoms with Crippen LogP contribution in [0, 0.1) is 5.92 Å². The van der Waals surface area contributed by atoms with Crippen LogP contribution in [0.4, 0.5) is 0 Å². The summed E-state index contributed by atoms with van der Waals surface area (Å²) in [5, 5.41) is 12.5. The van der Waals surface area contributed by atoms with Crippen LogP contribution >= 0.6 is 8.46 Å². The van der Waals surface area contributed by atoms with Crippen LogP contribution in [0.1, 0.15) is 79.2 Å². The second kappa shape index (κ2) is 18.6. The van der Waals surface area contributed by atoms with Gasteiger partial charge in [-0.15, -0.1) is 0 Å². The van der Waals surface area contributed by atoms with Gasteiger partial charge in [0.1, 0.15) is 12.0 Å². The van der Waals surface area contributed by atoms with E-state index in [4.69, 9.17) is 9.47 Å². The second-order valence-electron chi connectivity index (χ2n) is 9.93. The van der Waals surface area contributed by atoms with Gasteiger partial charge in [0.2, 0.25) is 14.4 Å². The molecule has 2 atom stereocenters. The summed E-state index contributed by atoms with van der Waals surface area (Å²) in [7, 11) is -0.499. The summed E-state index contributed by atoms with van der Waals surface area (Å²) >= 11 is 0. The molecule has 0 aliphatic carbocycles. The molecule has 8 heteroatoms. The number of amides is 1.